The molecule has 0 aliphatic carbocycles. The van der Waals surface area contributed by atoms with Crippen LogP contribution in [0.2, 0.25) is 0 Å². The second-order valence-electron chi connectivity index (χ2n) is 6.39. The van der Waals surface area contributed by atoms with Crippen molar-refractivity contribution in [1.82, 2.24) is 5.32 Å². The molecule has 0 unspecified atom stereocenters. The number of benzene rings is 2. The Morgan fingerprint density at radius 2 is 1.85 bits per heavy atom. The van der Waals surface area contributed by atoms with E-state index >= 15 is 0 Å². The maximum atomic E-state index is 12.5. The summed E-state index contributed by atoms with van der Waals surface area (Å²) in [4.78, 5) is 14.3. The molecule has 132 valence electrons. The quantitative estimate of drug-likeness (QED) is 0.745. The van der Waals surface area contributed by atoms with Gasteiger partial charge in [-0.15, -0.1) is 11.3 Å². The molecule has 1 aliphatic rings. The molecule has 0 radical (unpaired) electrons. The Bertz CT molecular complexity index is 1100. The van der Waals surface area contributed by atoms with Crippen LogP contribution in [0.1, 0.15) is 26.4 Å². The summed E-state index contributed by atoms with van der Waals surface area (Å²) in [6.07, 6.45) is 0. The van der Waals surface area contributed by atoms with Crippen LogP contribution in [0.5, 0.6) is 0 Å². The van der Waals surface area contributed by atoms with Gasteiger partial charge < -0.3 is 5.32 Å². The Morgan fingerprint density at radius 1 is 1.12 bits per heavy atom. The molecule has 1 N–H and O–H groups in total. The van der Waals surface area contributed by atoms with Crippen LogP contribution < -0.4 is 5.32 Å². The molecule has 0 bridgehead atoms. The molecule has 1 aliphatic heterocycles. The Balaban J connectivity index is 1.60. The van der Waals surface area contributed by atoms with Crippen LogP contribution in [0.15, 0.2) is 59.5 Å². The SMILES string of the molecule is Cc1ccc(CNC(=O)c2cc3c(s2)-c2ccccc2S(=O)(=O)C3)cc1. The van der Waals surface area contributed by atoms with E-state index in [-0.39, 0.29) is 11.7 Å². The number of nitrogens with one attached hydrogen (secondary N) is 1. The number of sulfone groups is 1. The van der Waals surface area contributed by atoms with Gasteiger partial charge in [-0.05, 0) is 30.2 Å². The Kier molecular flexibility index (Phi) is 4.17. The highest BCUT2D eigenvalue weighted by Crippen LogP contribution is 2.42. The first-order valence-electron chi connectivity index (χ1n) is 8.23. The number of carbonyl (C=O) groups is 1. The first-order chi connectivity index (χ1) is 12.4. The van der Waals surface area contributed by atoms with Gasteiger partial charge in [-0.25, -0.2) is 8.42 Å². The number of fused-ring (bicyclic) bond motifs is 3. The minimum absolute atomic E-state index is 0.0545. The maximum Gasteiger partial charge on any atom is 0.261 e. The van der Waals surface area contributed by atoms with Crippen LogP contribution in [0.3, 0.4) is 0 Å². The van der Waals surface area contributed by atoms with Crippen LogP contribution >= 0.6 is 11.3 Å². The standard InChI is InChI=1S/C20H17NO3S2/c1-13-6-8-14(9-7-13)11-21-20(22)17-10-15-12-26(23,24)18-5-3-2-4-16(18)19(15)25-17/h2-10H,11-12H2,1H3,(H,21,22). The number of aryl methyl sites for hydroxylation is 1. The molecule has 3 aromatic rings. The zero-order valence-corrected chi connectivity index (χ0v) is 15.8. The molecular weight excluding hydrogens is 366 g/mol. The van der Waals surface area contributed by atoms with E-state index in [1.807, 2.05) is 37.3 Å². The van der Waals surface area contributed by atoms with Gasteiger partial charge in [0.25, 0.3) is 5.91 Å². The summed E-state index contributed by atoms with van der Waals surface area (Å²) in [5, 5.41) is 2.91. The highest BCUT2D eigenvalue weighted by Gasteiger charge is 2.30. The lowest BCUT2D eigenvalue weighted by atomic mass is 10.1. The predicted octanol–water partition coefficient (Wildman–Crippen LogP) is 3.94. The molecule has 0 saturated carbocycles. The van der Waals surface area contributed by atoms with Crippen molar-refractivity contribution in [3.05, 3.63) is 76.2 Å². The van der Waals surface area contributed by atoms with Crippen molar-refractivity contribution in [1.29, 1.82) is 0 Å². The molecule has 2 heterocycles. The molecule has 1 amide bonds. The number of amides is 1. The topological polar surface area (TPSA) is 63.2 Å². The maximum absolute atomic E-state index is 12.5. The molecule has 2 aromatic carbocycles. The van der Waals surface area contributed by atoms with Crippen LogP contribution in [0.4, 0.5) is 0 Å². The van der Waals surface area contributed by atoms with Crippen molar-refractivity contribution >= 4 is 27.1 Å². The zero-order valence-electron chi connectivity index (χ0n) is 14.2. The first-order valence-corrected chi connectivity index (χ1v) is 10.7. The average molecular weight is 383 g/mol. The van der Waals surface area contributed by atoms with Gasteiger partial charge in [-0.2, -0.15) is 0 Å². The highest BCUT2D eigenvalue weighted by atomic mass is 32.2. The number of carbonyl (C=O) groups excluding carboxylic acids is 1. The Labute approximate surface area is 156 Å². The molecular formula is C20H17NO3S2. The lowest BCUT2D eigenvalue weighted by Gasteiger charge is -2.15. The van der Waals surface area contributed by atoms with Gasteiger partial charge >= 0.3 is 0 Å². The first kappa shape index (κ1) is 17.0. The van der Waals surface area contributed by atoms with E-state index in [0.717, 1.165) is 10.4 Å². The Hall–Kier alpha value is -2.44. The van der Waals surface area contributed by atoms with Gasteiger partial charge in [0.1, 0.15) is 0 Å². The van der Waals surface area contributed by atoms with E-state index in [9.17, 15) is 13.2 Å². The molecule has 26 heavy (non-hydrogen) atoms. The van der Waals surface area contributed by atoms with Crippen LogP contribution in [-0.2, 0) is 22.1 Å². The van der Waals surface area contributed by atoms with Crippen molar-refractivity contribution in [2.45, 2.75) is 24.1 Å². The van der Waals surface area contributed by atoms with Gasteiger partial charge in [-0.1, -0.05) is 48.0 Å². The second-order valence-corrected chi connectivity index (χ2v) is 9.40. The van der Waals surface area contributed by atoms with Gasteiger partial charge in [0.05, 0.1) is 15.5 Å². The minimum atomic E-state index is -3.35. The predicted molar refractivity (Wildman–Crippen MR) is 103 cm³/mol. The van der Waals surface area contributed by atoms with E-state index < -0.39 is 9.84 Å². The van der Waals surface area contributed by atoms with Gasteiger partial charge in [0, 0.05) is 17.0 Å². The summed E-state index contributed by atoms with van der Waals surface area (Å²) in [6.45, 7) is 2.46. The van der Waals surface area contributed by atoms with Crippen LogP contribution in [-0.4, -0.2) is 14.3 Å². The largest absolute Gasteiger partial charge is 0.347 e. The van der Waals surface area contributed by atoms with E-state index in [0.29, 0.717) is 27.4 Å². The molecule has 0 saturated heterocycles. The fourth-order valence-corrected chi connectivity index (χ4v) is 5.93. The van der Waals surface area contributed by atoms with E-state index in [4.69, 9.17) is 0 Å². The minimum Gasteiger partial charge on any atom is -0.347 e. The molecule has 1 aromatic heterocycles. The van der Waals surface area contributed by atoms with E-state index in [1.165, 1.54) is 16.9 Å². The van der Waals surface area contributed by atoms with E-state index in [2.05, 4.69) is 5.32 Å². The molecule has 6 heteroatoms. The number of hydrogen-bond acceptors (Lipinski definition) is 4. The Morgan fingerprint density at radius 3 is 2.62 bits per heavy atom. The molecule has 0 fully saturated rings. The molecule has 0 atom stereocenters. The normalized spacial score (nSPS) is 14.3. The smallest absolute Gasteiger partial charge is 0.261 e. The number of rotatable bonds is 3. The van der Waals surface area contributed by atoms with Gasteiger partial charge in [-0.3, -0.25) is 4.79 Å². The third-order valence-electron chi connectivity index (χ3n) is 4.42. The second kappa shape index (κ2) is 6.37. The number of hydrogen-bond donors (Lipinski definition) is 1. The molecule has 4 rings (SSSR count). The van der Waals surface area contributed by atoms with E-state index in [1.54, 1.807) is 24.3 Å². The molecule has 0 spiro atoms. The third-order valence-corrected chi connectivity index (χ3v) is 7.35. The third kappa shape index (κ3) is 3.06. The van der Waals surface area contributed by atoms with Crippen molar-refractivity contribution in [2.24, 2.45) is 0 Å². The average Bonchev–Trinajstić information content (AvgIpc) is 3.04. The lowest BCUT2D eigenvalue weighted by molar-refractivity contribution is 0.0955. The van der Waals surface area contributed by atoms with Crippen molar-refractivity contribution < 1.29 is 13.2 Å². The fraction of sp³-hybridized carbons (Fsp3) is 0.150. The van der Waals surface area contributed by atoms with Crippen LogP contribution in [0, 0.1) is 6.92 Å². The summed E-state index contributed by atoms with van der Waals surface area (Å²) >= 11 is 1.35. The van der Waals surface area contributed by atoms with Crippen LogP contribution in [0.25, 0.3) is 10.4 Å². The summed E-state index contributed by atoms with van der Waals surface area (Å²) in [5.74, 6) is -0.235. The van der Waals surface area contributed by atoms with Crippen molar-refractivity contribution in [3.8, 4) is 10.4 Å². The fourth-order valence-electron chi connectivity index (χ4n) is 3.06. The monoisotopic (exact) mass is 383 g/mol. The summed E-state index contributed by atoms with van der Waals surface area (Å²) in [6, 6.07) is 16.7. The molecule has 4 nitrogen and oxygen atoms in total. The van der Waals surface area contributed by atoms with Crippen molar-refractivity contribution in [3.63, 3.8) is 0 Å². The zero-order chi connectivity index (χ0) is 18.3. The summed E-state index contributed by atoms with van der Waals surface area (Å²) in [5.41, 5.74) is 3.59. The number of thiophene rings is 1. The van der Waals surface area contributed by atoms with Crippen molar-refractivity contribution in [2.75, 3.05) is 0 Å². The lowest BCUT2D eigenvalue weighted by Crippen LogP contribution is -2.21. The highest BCUT2D eigenvalue weighted by molar-refractivity contribution is 7.91. The summed E-state index contributed by atoms with van der Waals surface area (Å²) in [7, 11) is -3.35. The summed E-state index contributed by atoms with van der Waals surface area (Å²) < 4.78 is 24.9. The van der Waals surface area contributed by atoms with Gasteiger partial charge in [0.15, 0.2) is 9.84 Å². The van der Waals surface area contributed by atoms with Gasteiger partial charge in [0.2, 0.25) is 0 Å².